The number of esters is 1. The van der Waals surface area contributed by atoms with Crippen LogP contribution in [-0.2, 0) is 9.53 Å². The summed E-state index contributed by atoms with van der Waals surface area (Å²) in [4.78, 5) is 11.8. The molecule has 0 saturated carbocycles. The number of allylic oxidation sites excluding steroid dienone is 2. The van der Waals surface area contributed by atoms with Gasteiger partial charge in [-0.25, -0.2) is 4.79 Å². The minimum Gasteiger partial charge on any atom is -0.465 e. The van der Waals surface area contributed by atoms with Crippen molar-refractivity contribution in [3.63, 3.8) is 0 Å². The highest BCUT2D eigenvalue weighted by Gasteiger charge is 2.40. The fourth-order valence-corrected chi connectivity index (χ4v) is 1.30. The standard InChI is InChI=1S/C12H17NO2/c1-5-8-12(9-13,10(4)6-2)11(14)15-7-3/h5-6H,1,7-8H2,2-4H3/b10-6+/t12-/m1/s1. The summed E-state index contributed by atoms with van der Waals surface area (Å²) in [6, 6.07) is 2.04. The molecule has 0 aliphatic rings. The van der Waals surface area contributed by atoms with E-state index in [9.17, 15) is 4.79 Å². The number of carbonyl (C=O) groups excluding carboxylic acids is 1. The van der Waals surface area contributed by atoms with Crippen molar-refractivity contribution in [3.8, 4) is 6.07 Å². The van der Waals surface area contributed by atoms with Gasteiger partial charge in [0.2, 0.25) is 0 Å². The van der Waals surface area contributed by atoms with Crippen LogP contribution in [-0.4, -0.2) is 12.6 Å². The molecule has 0 rings (SSSR count). The number of nitrogens with zero attached hydrogens (tertiary/aromatic N) is 1. The van der Waals surface area contributed by atoms with Crippen molar-refractivity contribution in [1.29, 1.82) is 5.26 Å². The summed E-state index contributed by atoms with van der Waals surface area (Å²) in [5, 5.41) is 9.17. The Labute approximate surface area is 91.0 Å². The van der Waals surface area contributed by atoms with Crippen molar-refractivity contribution >= 4 is 5.97 Å². The Morgan fingerprint density at radius 1 is 1.67 bits per heavy atom. The maximum atomic E-state index is 11.8. The maximum absolute atomic E-state index is 11.8. The summed E-state index contributed by atoms with van der Waals surface area (Å²) in [7, 11) is 0. The molecule has 0 radical (unpaired) electrons. The molecule has 3 nitrogen and oxygen atoms in total. The third kappa shape index (κ3) is 2.69. The quantitative estimate of drug-likeness (QED) is 0.514. The SMILES string of the molecule is C=CC[C@](C#N)(C(=O)OCC)/C(C)=C/C. The number of hydrogen-bond donors (Lipinski definition) is 0. The lowest BCUT2D eigenvalue weighted by Crippen LogP contribution is -2.32. The van der Waals surface area contributed by atoms with Crippen LogP contribution in [0.4, 0.5) is 0 Å². The number of ether oxygens (including phenoxy) is 1. The largest absolute Gasteiger partial charge is 0.465 e. The zero-order valence-corrected chi connectivity index (χ0v) is 9.54. The lowest BCUT2D eigenvalue weighted by atomic mass is 9.79. The molecule has 0 N–H and O–H groups in total. The smallest absolute Gasteiger partial charge is 0.331 e. The van der Waals surface area contributed by atoms with Crippen LogP contribution in [0, 0.1) is 16.7 Å². The fraction of sp³-hybridized carbons (Fsp3) is 0.500. The van der Waals surface area contributed by atoms with Crippen molar-refractivity contribution in [2.24, 2.45) is 5.41 Å². The zero-order valence-electron chi connectivity index (χ0n) is 9.54. The van der Waals surface area contributed by atoms with E-state index in [1.807, 2.05) is 6.07 Å². The van der Waals surface area contributed by atoms with Gasteiger partial charge in [-0.3, -0.25) is 0 Å². The second-order valence-corrected chi connectivity index (χ2v) is 3.20. The van der Waals surface area contributed by atoms with Gasteiger partial charge in [-0.1, -0.05) is 12.2 Å². The molecule has 0 fully saturated rings. The van der Waals surface area contributed by atoms with E-state index in [4.69, 9.17) is 10.00 Å². The minimum atomic E-state index is -1.20. The number of hydrogen-bond acceptors (Lipinski definition) is 3. The van der Waals surface area contributed by atoms with Crippen molar-refractivity contribution in [3.05, 3.63) is 24.3 Å². The van der Waals surface area contributed by atoms with Crippen molar-refractivity contribution < 1.29 is 9.53 Å². The van der Waals surface area contributed by atoms with Crippen LogP contribution < -0.4 is 0 Å². The molecule has 0 aromatic rings. The topological polar surface area (TPSA) is 50.1 Å². The Morgan fingerprint density at radius 2 is 2.27 bits per heavy atom. The molecule has 0 aromatic heterocycles. The second-order valence-electron chi connectivity index (χ2n) is 3.20. The first-order valence-electron chi connectivity index (χ1n) is 4.91. The lowest BCUT2D eigenvalue weighted by molar-refractivity contribution is -0.149. The molecular formula is C12H17NO2. The van der Waals surface area contributed by atoms with Gasteiger partial charge in [-0.2, -0.15) is 5.26 Å². The summed E-state index contributed by atoms with van der Waals surface area (Å²) in [5.74, 6) is -0.497. The maximum Gasteiger partial charge on any atom is 0.331 e. The van der Waals surface area contributed by atoms with Crippen LogP contribution in [0.2, 0.25) is 0 Å². The third-order valence-corrected chi connectivity index (χ3v) is 2.37. The summed E-state index contributed by atoms with van der Waals surface area (Å²) in [6.07, 6.45) is 3.59. The number of carbonyl (C=O) groups is 1. The van der Waals surface area contributed by atoms with Gasteiger partial charge in [0.15, 0.2) is 5.41 Å². The van der Waals surface area contributed by atoms with Gasteiger partial charge >= 0.3 is 5.97 Å². The molecular weight excluding hydrogens is 190 g/mol. The Morgan fingerprint density at radius 3 is 2.60 bits per heavy atom. The zero-order chi connectivity index (χ0) is 11.9. The highest BCUT2D eigenvalue weighted by atomic mass is 16.5. The van der Waals surface area contributed by atoms with Gasteiger partial charge in [0.05, 0.1) is 12.7 Å². The van der Waals surface area contributed by atoms with E-state index in [1.54, 1.807) is 32.9 Å². The van der Waals surface area contributed by atoms with E-state index in [0.717, 1.165) is 0 Å². The molecule has 0 spiro atoms. The average molecular weight is 207 g/mol. The highest BCUT2D eigenvalue weighted by Crippen LogP contribution is 2.32. The number of nitriles is 1. The fourth-order valence-electron chi connectivity index (χ4n) is 1.30. The molecule has 0 aliphatic heterocycles. The molecule has 3 heteroatoms. The third-order valence-electron chi connectivity index (χ3n) is 2.37. The van der Waals surface area contributed by atoms with E-state index in [2.05, 4.69) is 6.58 Å². The summed E-state index contributed by atoms with van der Waals surface area (Å²) in [6.45, 7) is 9.11. The van der Waals surface area contributed by atoms with Gasteiger partial charge in [-0.15, -0.1) is 6.58 Å². The van der Waals surface area contributed by atoms with E-state index < -0.39 is 11.4 Å². The number of rotatable bonds is 5. The molecule has 0 heterocycles. The predicted octanol–water partition coefficient (Wildman–Crippen LogP) is 2.60. The first-order valence-corrected chi connectivity index (χ1v) is 4.91. The highest BCUT2D eigenvalue weighted by molar-refractivity contribution is 5.84. The van der Waals surface area contributed by atoms with Crippen LogP contribution in [0.1, 0.15) is 27.2 Å². The van der Waals surface area contributed by atoms with E-state index >= 15 is 0 Å². The molecule has 0 bridgehead atoms. The van der Waals surface area contributed by atoms with Crippen molar-refractivity contribution in [2.75, 3.05) is 6.61 Å². The Bertz CT molecular complexity index is 312. The predicted molar refractivity (Wildman–Crippen MR) is 58.9 cm³/mol. The molecule has 0 saturated heterocycles. The summed E-state index contributed by atoms with van der Waals surface area (Å²) >= 11 is 0. The van der Waals surface area contributed by atoms with E-state index in [1.165, 1.54) is 0 Å². The lowest BCUT2D eigenvalue weighted by Gasteiger charge is -2.23. The first-order chi connectivity index (χ1) is 7.08. The first kappa shape index (κ1) is 13.4. The second kappa shape index (κ2) is 6.02. The van der Waals surface area contributed by atoms with Gasteiger partial charge in [-0.05, 0) is 32.8 Å². The molecule has 0 aliphatic carbocycles. The van der Waals surface area contributed by atoms with Crippen LogP contribution >= 0.6 is 0 Å². The molecule has 0 aromatic carbocycles. The van der Waals surface area contributed by atoms with Gasteiger partial charge in [0.1, 0.15) is 0 Å². The van der Waals surface area contributed by atoms with Crippen molar-refractivity contribution in [1.82, 2.24) is 0 Å². The minimum absolute atomic E-state index is 0.274. The van der Waals surface area contributed by atoms with Gasteiger partial charge in [0.25, 0.3) is 0 Å². The van der Waals surface area contributed by atoms with Crippen LogP contribution in [0.5, 0.6) is 0 Å². The Balaban J connectivity index is 5.26. The normalized spacial score (nSPS) is 14.9. The Hall–Kier alpha value is -1.56. The molecule has 0 unspecified atom stereocenters. The van der Waals surface area contributed by atoms with E-state index in [-0.39, 0.29) is 13.0 Å². The molecule has 82 valence electrons. The molecule has 0 amide bonds. The van der Waals surface area contributed by atoms with Crippen LogP contribution in [0.3, 0.4) is 0 Å². The van der Waals surface area contributed by atoms with E-state index in [0.29, 0.717) is 5.57 Å². The van der Waals surface area contributed by atoms with Crippen LogP contribution in [0.15, 0.2) is 24.3 Å². The molecule has 1 atom stereocenters. The molecule has 15 heavy (non-hydrogen) atoms. The summed E-state index contributed by atoms with van der Waals surface area (Å²) < 4.78 is 4.92. The van der Waals surface area contributed by atoms with Gasteiger partial charge in [0, 0.05) is 0 Å². The monoisotopic (exact) mass is 207 g/mol. The van der Waals surface area contributed by atoms with Crippen LogP contribution in [0.25, 0.3) is 0 Å². The van der Waals surface area contributed by atoms with Crippen molar-refractivity contribution in [2.45, 2.75) is 27.2 Å². The Kier molecular flexibility index (Phi) is 5.40. The average Bonchev–Trinajstić information content (AvgIpc) is 2.25. The van der Waals surface area contributed by atoms with Gasteiger partial charge < -0.3 is 4.74 Å². The summed E-state index contributed by atoms with van der Waals surface area (Å²) in [5.41, 5.74) is -0.504.